The van der Waals surface area contributed by atoms with Crippen molar-refractivity contribution >= 4 is 17.3 Å². The highest BCUT2D eigenvalue weighted by Crippen LogP contribution is 2.26. The number of aliphatic hydroxyl groups is 1. The van der Waals surface area contributed by atoms with Crippen molar-refractivity contribution in [3.8, 4) is 0 Å². The molecule has 0 radical (unpaired) electrons. The Morgan fingerprint density at radius 2 is 1.88 bits per heavy atom. The number of hydrogen-bond donors (Lipinski definition) is 1. The lowest BCUT2D eigenvalue weighted by atomic mass is 10.2. The Hall–Kier alpha value is -0.770. The van der Waals surface area contributed by atoms with E-state index in [9.17, 15) is 0 Å². The second kappa shape index (κ2) is 6.84. The Balaban J connectivity index is 2.59. The molecule has 1 rings (SSSR count). The van der Waals surface area contributed by atoms with Gasteiger partial charge in [0, 0.05) is 13.6 Å². The maximum Gasteiger partial charge on any atom is 0.0682 e. The highest BCUT2D eigenvalue weighted by Gasteiger charge is 2.06. The molecular weight excluding hydrogens is 236 g/mol. The summed E-state index contributed by atoms with van der Waals surface area (Å²) in [4.78, 5) is 4.32. The highest BCUT2D eigenvalue weighted by molar-refractivity contribution is 6.33. The number of rotatable bonds is 6. The molecule has 0 bridgehead atoms. The van der Waals surface area contributed by atoms with Crippen LogP contribution < -0.4 is 4.90 Å². The Labute approximate surface area is 109 Å². The fourth-order valence-electron chi connectivity index (χ4n) is 1.70. The topological polar surface area (TPSA) is 26.7 Å². The van der Waals surface area contributed by atoms with Crippen molar-refractivity contribution in [2.75, 3.05) is 39.1 Å². The van der Waals surface area contributed by atoms with Crippen LogP contribution in [0, 0.1) is 0 Å². The van der Waals surface area contributed by atoms with E-state index in [1.807, 2.05) is 25.2 Å². The van der Waals surface area contributed by atoms with Crippen LogP contribution in [0.1, 0.15) is 12.0 Å². The molecule has 96 valence electrons. The molecule has 0 aliphatic carbocycles. The van der Waals surface area contributed by atoms with Crippen LogP contribution in [0.5, 0.6) is 0 Å². The second-order valence-corrected chi connectivity index (χ2v) is 4.93. The molecule has 0 aliphatic heterocycles. The van der Waals surface area contributed by atoms with Crippen LogP contribution in [0.2, 0.25) is 5.02 Å². The van der Waals surface area contributed by atoms with Crippen LogP contribution in [0.15, 0.2) is 18.2 Å². The van der Waals surface area contributed by atoms with Gasteiger partial charge in [-0.3, -0.25) is 0 Å². The minimum absolute atomic E-state index is 0.0321. The third-order valence-corrected chi connectivity index (χ3v) is 3.01. The van der Waals surface area contributed by atoms with E-state index in [-0.39, 0.29) is 6.61 Å². The van der Waals surface area contributed by atoms with Crippen molar-refractivity contribution in [2.45, 2.75) is 13.0 Å². The molecule has 0 spiro atoms. The first-order chi connectivity index (χ1) is 8.04. The van der Waals surface area contributed by atoms with Gasteiger partial charge >= 0.3 is 0 Å². The van der Waals surface area contributed by atoms with Crippen LogP contribution >= 0.6 is 11.6 Å². The molecule has 0 amide bonds. The molecule has 0 fully saturated rings. The lowest BCUT2D eigenvalue weighted by Crippen LogP contribution is -2.23. The quantitative estimate of drug-likeness (QED) is 0.846. The average Bonchev–Trinajstić information content (AvgIpc) is 2.28. The van der Waals surface area contributed by atoms with Crippen molar-refractivity contribution in [3.63, 3.8) is 0 Å². The minimum atomic E-state index is 0.0321. The summed E-state index contributed by atoms with van der Waals surface area (Å²) in [6.07, 6.45) is 1.10. The van der Waals surface area contributed by atoms with Gasteiger partial charge in [-0.15, -0.1) is 0 Å². The zero-order valence-electron chi connectivity index (χ0n) is 10.8. The molecule has 1 aromatic carbocycles. The first kappa shape index (κ1) is 14.3. The van der Waals surface area contributed by atoms with E-state index in [0.717, 1.165) is 30.8 Å². The molecule has 17 heavy (non-hydrogen) atoms. The number of hydrogen-bond acceptors (Lipinski definition) is 3. The van der Waals surface area contributed by atoms with Gasteiger partial charge in [0.05, 0.1) is 17.3 Å². The Morgan fingerprint density at radius 3 is 2.41 bits per heavy atom. The molecule has 0 atom stereocenters. The standard InChI is InChI=1S/C13H21ClN2O/c1-15(2)7-4-8-16(3)13-6-5-11(10-17)9-12(13)14/h5-6,9,17H,4,7-8,10H2,1-3H3. The summed E-state index contributed by atoms with van der Waals surface area (Å²) in [6, 6.07) is 5.69. The van der Waals surface area contributed by atoms with Gasteiger partial charge in [-0.2, -0.15) is 0 Å². The van der Waals surface area contributed by atoms with Gasteiger partial charge in [0.2, 0.25) is 0 Å². The maximum atomic E-state index is 9.02. The SMILES string of the molecule is CN(C)CCCN(C)c1ccc(CO)cc1Cl. The second-order valence-electron chi connectivity index (χ2n) is 4.52. The lowest BCUT2D eigenvalue weighted by molar-refractivity contribution is 0.282. The van der Waals surface area contributed by atoms with Crippen LogP contribution in [0.3, 0.4) is 0 Å². The van der Waals surface area contributed by atoms with E-state index in [2.05, 4.69) is 23.9 Å². The van der Waals surface area contributed by atoms with Gasteiger partial charge in [-0.25, -0.2) is 0 Å². The fourth-order valence-corrected chi connectivity index (χ4v) is 2.05. The van der Waals surface area contributed by atoms with Gasteiger partial charge in [-0.1, -0.05) is 17.7 Å². The van der Waals surface area contributed by atoms with Gasteiger partial charge in [0.1, 0.15) is 0 Å². The lowest BCUT2D eigenvalue weighted by Gasteiger charge is -2.22. The summed E-state index contributed by atoms with van der Waals surface area (Å²) >= 11 is 6.18. The summed E-state index contributed by atoms with van der Waals surface area (Å²) in [6.45, 7) is 2.07. The Bertz CT molecular complexity index is 355. The van der Waals surface area contributed by atoms with Crippen molar-refractivity contribution in [2.24, 2.45) is 0 Å². The minimum Gasteiger partial charge on any atom is -0.392 e. The number of benzene rings is 1. The van der Waals surface area contributed by atoms with E-state index in [1.165, 1.54) is 0 Å². The molecule has 3 nitrogen and oxygen atoms in total. The summed E-state index contributed by atoms with van der Waals surface area (Å²) < 4.78 is 0. The number of nitrogens with zero attached hydrogens (tertiary/aromatic N) is 2. The van der Waals surface area contributed by atoms with E-state index < -0.39 is 0 Å². The van der Waals surface area contributed by atoms with Crippen molar-refractivity contribution < 1.29 is 5.11 Å². The molecule has 1 aromatic rings. The smallest absolute Gasteiger partial charge is 0.0682 e. The molecular formula is C13H21ClN2O. The number of aliphatic hydroxyl groups excluding tert-OH is 1. The monoisotopic (exact) mass is 256 g/mol. The van der Waals surface area contributed by atoms with E-state index in [1.54, 1.807) is 0 Å². The van der Waals surface area contributed by atoms with Crippen molar-refractivity contribution in [1.29, 1.82) is 0 Å². The number of anilines is 1. The normalized spacial score (nSPS) is 10.9. The summed E-state index contributed by atoms with van der Waals surface area (Å²) in [7, 11) is 6.18. The third-order valence-electron chi connectivity index (χ3n) is 2.70. The zero-order chi connectivity index (χ0) is 12.8. The van der Waals surface area contributed by atoms with Crippen LogP contribution in [-0.4, -0.2) is 44.2 Å². The van der Waals surface area contributed by atoms with Gasteiger partial charge in [0.15, 0.2) is 0 Å². The molecule has 1 N–H and O–H groups in total. The Morgan fingerprint density at radius 1 is 1.18 bits per heavy atom. The molecule has 4 heteroatoms. The van der Waals surface area contributed by atoms with Gasteiger partial charge in [-0.05, 0) is 44.8 Å². The largest absolute Gasteiger partial charge is 0.392 e. The van der Waals surface area contributed by atoms with E-state index >= 15 is 0 Å². The molecule has 0 aromatic heterocycles. The van der Waals surface area contributed by atoms with Crippen LogP contribution in [-0.2, 0) is 6.61 Å². The first-order valence-electron chi connectivity index (χ1n) is 5.79. The predicted octanol–water partition coefficient (Wildman–Crippen LogP) is 2.22. The summed E-state index contributed by atoms with van der Waals surface area (Å²) in [5.41, 5.74) is 1.86. The third kappa shape index (κ3) is 4.54. The van der Waals surface area contributed by atoms with Gasteiger partial charge < -0.3 is 14.9 Å². The van der Waals surface area contributed by atoms with Crippen LogP contribution in [0.4, 0.5) is 5.69 Å². The maximum absolute atomic E-state index is 9.02. The molecule has 0 heterocycles. The fraction of sp³-hybridized carbons (Fsp3) is 0.538. The Kier molecular flexibility index (Phi) is 5.75. The van der Waals surface area contributed by atoms with Crippen molar-refractivity contribution in [3.05, 3.63) is 28.8 Å². The molecule has 0 aliphatic rings. The molecule has 0 unspecified atom stereocenters. The number of halogens is 1. The van der Waals surface area contributed by atoms with Crippen molar-refractivity contribution in [1.82, 2.24) is 4.90 Å². The van der Waals surface area contributed by atoms with E-state index in [0.29, 0.717) is 5.02 Å². The summed E-state index contributed by atoms with van der Waals surface area (Å²) in [5.74, 6) is 0. The van der Waals surface area contributed by atoms with E-state index in [4.69, 9.17) is 16.7 Å². The summed E-state index contributed by atoms with van der Waals surface area (Å²) in [5, 5.41) is 9.71. The van der Waals surface area contributed by atoms with Gasteiger partial charge in [0.25, 0.3) is 0 Å². The highest BCUT2D eigenvalue weighted by atomic mass is 35.5. The van der Waals surface area contributed by atoms with Crippen LogP contribution in [0.25, 0.3) is 0 Å². The predicted molar refractivity (Wildman–Crippen MR) is 73.8 cm³/mol. The zero-order valence-corrected chi connectivity index (χ0v) is 11.5. The average molecular weight is 257 g/mol. The molecule has 0 saturated heterocycles. The molecule has 0 saturated carbocycles. The first-order valence-corrected chi connectivity index (χ1v) is 6.17.